The van der Waals surface area contributed by atoms with Crippen LogP contribution in [0.25, 0.3) is 11.4 Å². The quantitative estimate of drug-likeness (QED) is 0.855. The van der Waals surface area contributed by atoms with Gasteiger partial charge in [0.05, 0.1) is 0 Å². The van der Waals surface area contributed by atoms with Crippen molar-refractivity contribution < 1.29 is 9.59 Å². The average Bonchev–Trinajstić information content (AvgIpc) is 3.09. The van der Waals surface area contributed by atoms with Crippen LogP contribution in [-0.2, 0) is 4.79 Å². The molecule has 1 N–H and O–H groups in total. The van der Waals surface area contributed by atoms with Crippen LogP contribution in [0, 0.1) is 0 Å². The third-order valence-corrected chi connectivity index (χ3v) is 3.65. The fourth-order valence-corrected chi connectivity index (χ4v) is 2.41. The molecule has 0 unspecified atom stereocenters. The zero-order valence-corrected chi connectivity index (χ0v) is 11.5. The molecular weight excluding hydrogens is 268 g/mol. The van der Waals surface area contributed by atoms with Crippen LogP contribution >= 0.6 is 0 Å². The summed E-state index contributed by atoms with van der Waals surface area (Å²) in [5, 5.41) is 0. The molecule has 1 saturated heterocycles. The average molecular weight is 284 g/mol. The van der Waals surface area contributed by atoms with E-state index in [0.717, 1.165) is 17.8 Å². The maximum Gasteiger partial charge on any atom is 0.253 e. The minimum absolute atomic E-state index is 0.00606. The highest BCUT2D eigenvalue weighted by molar-refractivity contribution is 5.94. The van der Waals surface area contributed by atoms with Crippen LogP contribution in [0.2, 0.25) is 0 Å². The van der Waals surface area contributed by atoms with Gasteiger partial charge in [-0.05, 0) is 12.1 Å². The Morgan fingerprint density at radius 3 is 2.43 bits per heavy atom. The molecule has 3 rings (SSSR count). The lowest BCUT2D eigenvalue weighted by atomic mass is 10.1. The van der Waals surface area contributed by atoms with E-state index < -0.39 is 0 Å². The highest BCUT2D eigenvalue weighted by Gasteiger charge is 2.21. The Hall–Kier alpha value is -2.63. The number of carbonyl (C=O) groups excluding carboxylic acids is 2. The maximum atomic E-state index is 12.4. The third kappa shape index (κ3) is 2.79. The van der Waals surface area contributed by atoms with Gasteiger partial charge >= 0.3 is 0 Å². The van der Waals surface area contributed by atoms with E-state index in [1.165, 1.54) is 0 Å². The molecule has 0 radical (unpaired) electrons. The highest BCUT2D eigenvalue weighted by atomic mass is 16.2. The SMILES string of the molecule is O=CN1CCN(C(=O)c2ccc(-c3ncc[nH]3)cc2)CC1. The minimum Gasteiger partial charge on any atom is -0.345 e. The summed E-state index contributed by atoms with van der Waals surface area (Å²) in [6.45, 7) is 2.36. The third-order valence-electron chi connectivity index (χ3n) is 3.65. The number of nitrogens with zero attached hydrogens (tertiary/aromatic N) is 3. The van der Waals surface area contributed by atoms with Crippen molar-refractivity contribution in [3.63, 3.8) is 0 Å². The number of piperazine rings is 1. The van der Waals surface area contributed by atoms with Crippen molar-refractivity contribution in [2.24, 2.45) is 0 Å². The number of hydrogen-bond donors (Lipinski definition) is 1. The molecule has 0 atom stereocenters. The van der Waals surface area contributed by atoms with Crippen molar-refractivity contribution in [3.8, 4) is 11.4 Å². The number of carbonyl (C=O) groups is 2. The molecule has 1 aliphatic heterocycles. The fraction of sp³-hybridized carbons (Fsp3) is 0.267. The molecule has 0 aliphatic carbocycles. The van der Waals surface area contributed by atoms with E-state index in [1.54, 1.807) is 22.2 Å². The number of benzene rings is 1. The summed E-state index contributed by atoms with van der Waals surface area (Å²) >= 11 is 0. The first-order chi connectivity index (χ1) is 10.3. The van der Waals surface area contributed by atoms with Gasteiger partial charge in [0.1, 0.15) is 5.82 Å². The second-order valence-electron chi connectivity index (χ2n) is 4.95. The Bertz CT molecular complexity index is 614. The lowest BCUT2D eigenvalue weighted by Crippen LogP contribution is -2.48. The van der Waals surface area contributed by atoms with Gasteiger partial charge in [-0.15, -0.1) is 0 Å². The van der Waals surface area contributed by atoms with Crippen LogP contribution in [0.1, 0.15) is 10.4 Å². The minimum atomic E-state index is 0.00606. The van der Waals surface area contributed by atoms with Crippen LogP contribution in [0.5, 0.6) is 0 Å². The summed E-state index contributed by atoms with van der Waals surface area (Å²) in [6, 6.07) is 7.39. The van der Waals surface area contributed by atoms with Gasteiger partial charge in [0.2, 0.25) is 6.41 Å². The lowest BCUT2D eigenvalue weighted by molar-refractivity contribution is -0.119. The number of aromatic amines is 1. The number of H-pyrrole nitrogens is 1. The van der Waals surface area contributed by atoms with E-state index in [4.69, 9.17) is 0 Å². The van der Waals surface area contributed by atoms with Crippen LogP contribution in [0.3, 0.4) is 0 Å². The summed E-state index contributed by atoms with van der Waals surface area (Å²) in [5.41, 5.74) is 1.60. The summed E-state index contributed by atoms with van der Waals surface area (Å²) in [7, 11) is 0. The molecule has 108 valence electrons. The molecule has 2 aromatic rings. The molecule has 6 heteroatoms. The van der Waals surface area contributed by atoms with Crippen LogP contribution in [0.4, 0.5) is 0 Å². The van der Waals surface area contributed by atoms with Gasteiger partial charge in [-0.25, -0.2) is 4.98 Å². The van der Waals surface area contributed by atoms with E-state index in [2.05, 4.69) is 9.97 Å². The predicted molar refractivity (Wildman–Crippen MR) is 77.6 cm³/mol. The first-order valence-corrected chi connectivity index (χ1v) is 6.86. The smallest absolute Gasteiger partial charge is 0.253 e. The second-order valence-corrected chi connectivity index (χ2v) is 4.95. The maximum absolute atomic E-state index is 12.4. The van der Waals surface area contributed by atoms with Crippen LogP contribution < -0.4 is 0 Å². The summed E-state index contributed by atoms with van der Waals surface area (Å²) < 4.78 is 0. The van der Waals surface area contributed by atoms with Crippen LogP contribution in [-0.4, -0.2) is 58.3 Å². The topological polar surface area (TPSA) is 69.3 Å². The van der Waals surface area contributed by atoms with Gasteiger partial charge in [0.15, 0.2) is 0 Å². The van der Waals surface area contributed by atoms with Gasteiger partial charge < -0.3 is 14.8 Å². The normalized spacial score (nSPS) is 15.0. The van der Waals surface area contributed by atoms with E-state index in [9.17, 15) is 9.59 Å². The van der Waals surface area contributed by atoms with Crippen molar-refractivity contribution in [1.82, 2.24) is 19.8 Å². The monoisotopic (exact) mass is 284 g/mol. The zero-order chi connectivity index (χ0) is 14.7. The van der Waals surface area contributed by atoms with E-state index >= 15 is 0 Å². The van der Waals surface area contributed by atoms with E-state index in [1.807, 2.05) is 24.3 Å². The Labute approximate surface area is 122 Å². The van der Waals surface area contributed by atoms with Gasteiger partial charge in [-0.1, -0.05) is 12.1 Å². The number of hydrogen-bond acceptors (Lipinski definition) is 3. The number of nitrogens with one attached hydrogen (secondary N) is 1. The van der Waals surface area contributed by atoms with Gasteiger partial charge in [0.25, 0.3) is 5.91 Å². The fourth-order valence-electron chi connectivity index (χ4n) is 2.41. The van der Waals surface area contributed by atoms with Crippen molar-refractivity contribution in [2.45, 2.75) is 0 Å². The Balaban J connectivity index is 1.69. The molecule has 2 amide bonds. The molecule has 2 heterocycles. The van der Waals surface area contributed by atoms with Gasteiger partial charge in [-0.3, -0.25) is 9.59 Å². The summed E-state index contributed by atoms with van der Waals surface area (Å²) in [6.07, 6.45) is 4.29. The summed E-state index contributed by atoms with van der Waals surface area (Å²) in [4.78, 5) is 33.7. The van der Waals surface area contributed by atoms with Crippen molar-refractivity contribution in [1.29, 1.82) is 0 Å². The number of imidazole rings is 1. The molecule has 6 nitrogen and oxygen atoms in total. The highest BCUT2D eigenvalue weighted by Crippen LogP contribution is 2.16. The van der Waals surface area contributed by atoms with Gasteiger partial charge in [0, 0.05) is 49.7 Å². The van der Waals surface area contributed by atoms with Gasteiger partial charge in [-0.2, -0.15) is 0 Å². The molecule has 1 aromatic carbocycles. The summed E-state index contributed by atoms with van der Waals surface area (Å²) in [5.74, 6) is 0.792. The first-order valence-electron chi connectivity index (χ1n) is 6.86. The molecule has 1 aromatic heterocycles. The molecule has 21 heavy (non-hydrogen) atoms. The number of aromatic nitrogens is 2. The molecular formula is C15H16N4O2. The van der Waals surface area contributed by atoms with E-state index in [-0.39, 0.29) is 5.91 Å². The molecule has 0 saturated carbocycles. The number of rotatable bonds is 3. The van der Waals surface area contributed by atoms with Crippen molar-refractivity contribution in [2.75, 3.05) is 26.2 Å². The Morgan fingerprint density at radius 1 is 1.14 bits per heavy atom. The Morgan fingerprint density at radius 2 is 1.86 bits per heavy atom. The molecule has 0 spiro atoms. The lowest BCUT2D eigenvalue weighted by Gasteiger charge is -2.32. The molecule has 1 fully saturated rings. The van der Waals surface area contributed by atoms with Crippen LogP contribution in [0.15, 0.2) is 36.7 Å². The zero-order valence-electron chi connectivity index (χ0n) is 11.5. The Kier molecular flexibility index (Phi) is 3.68. The molecule has 1 aliphatic rings. The standard InChI is InChI=1S/C15H16N4O2/c20-11-18-7-9-19(10-8-18)15(21)13-3-1-12(2-4-13)14-16-5-6-17-14/h1-6,11H,7-10H2,(H,16,17). The second kappa shape index (κ2) is 5.78. The molecule has 0 bridgehead atoms. The largest absolute Gasteiger partial charge is 0.345 e. The van der Waals surface area contributed by atoms with E-state index in [0.29, 0.717) is 31.7 Å². The number of amides is 2. The predicted octanol–water partition coefficient (Wildman–Crippen LogP) is 0.991. The van der Waals surface area contributed by atoms with Crippen molar-refractivity contribution >= 4 is 12.3 Å². The van der Waals surface area contributed by atoms with Crippen molar-refractivity contribution in [3.05, 3.63) is 42.2 Å². The first kappa shape index (κ1) is 13.4.